The fourth-order valence-electron chi connectivity index (χ4n) is 2.94. The molecule has 6 nitrogen and oxygen atoms in total. The van der Waals surface area contributed by atoms with Crippen molar-refractivity contribution in [1.29, 1.82) is 0 Å². The highest BCUT2D eigenvalue weighted by molar-refractivity contribution is 8.29. The maximum absolute atomic E-state index is 13.0. The van der Waals surface area contributed by atoms with Crippen molar-refractivity contribution >= 4 is 72.4 Å². The monoisotopic (exact) mass is 441 g/mol. The highest BCUT2D eigenvalue weighted by atomic mass is 35.5. The molecule has 3 aromatic rings. The summed E-state index contributed by atoms with van der Waals surface area (Å²) in [5.74, 6) is -0.631. The number of thiazole rings is 1. The van der Waals surface area contributed by atoms with Crippen LogP contribution in [-0.4, -0.2) is 32.2 Å². The molecule has 1 aliphatic heterocycles. The number of anilines is 1. The Morgan fingerprint density at radius 1 is 1.37 bits per heavy atom. The second kappa shape index (κ2) is 7.27. The molecule has 0 fully saturated rings. The van der Waals surface area contributed by atoms with Gasteiger partial charge in [-0.15, -0.1) is 22.2 Å². The van der Waals surface area contributed by atoms with Crippen molar-refractivity contribution in [3.8, 4) is 0 Å². The first-order chi connectivity index (χ1) is 12.9. The number of rotatable bonds is 4. The number of benzene rings is 1. The van der Waals surface area contributed by atoms with Crippen molar-refractivity contribution in [2.75, 3.05) is 5.32 Å². The number of nitrogens with zero attached hydrogens (tertiary/aromatic N) is 2. The molecule has 0 radical (unpaired) electrons. The van der Waals surface area contributed by atoms with Crippen LogP contribution < -0.4 is 5.32 Å². The largest absolute Gasteiger partial charge is 0.481 e. The first-order valence-electron chi connectivity index (χ1n) is 7.91. The number of carbonyl (C=O) groups excluding carboxylic acids is 1. The van der Waals surface area contributed by atoms with Gasteiger partial charge in [0.1, 0.15) is 16.1 Å². The predicted molar refractivity (Wildman–Crippen MR) is 110 cm³/mol. The Morgan fingerprint density at radius 3 is 2.96 bits per heavy atom. The minimum atomic E-state index is -1.35. The van der Waals surface area contributed by atoms with E-state index in [0.29, 0.717) is 32.0 Å². The molecule has 0 saturated carbocycles. The van der Waals surface area contributed by atoms with Crippen LogP contribution in [0, 0.1) is 0 Å². The third-order valence-corrected chi connectivity index (χ3v) is 8.34. The van der Waals surface area contributed by atoms with Crippen LogP contribution >= 0.6 is 45.4 Å². The Kier molecular flexibility index (Phi) is 4.98. The number of carbonyl (C=O) groups is 2. The Hall–Kier alpha value is -1.87. The number of halogens is 2. The molecule has 0 amide bonds. The smallest absolute Gasteiger partial charge is 0.305 e. The number of thiol groups is 1. The molecule has 27 heavy (non-hydrogen) atoms. The van der Waals surface area contributed by atoms with E-state index in [2.05, 4.69) is 15.3 Å². The quantitative estimate of drug-likeness (QED) is 0.521. The summed E-state index contributed by atoms with van der Waals surface area (Å²) in [4.78, 5) is 33.0. The van der Waals surface area contributed by atoms with Gasteiger partial charge in [0.25, 0.3) is 0 Å². The van der Waals surface area contributed by atoms with E-state index >= 15 is 0 Å². The van der Waals surface area contributed by atoms with E-state index < -0.39 is 22.9 Å². The first kappa shape index (κ1) is 18.5. The van der Waals surface area contributed by atoms with Crippen LogP contribution in [0.15, 0.2) is 35.5 Å². The van der Waals surface area contributed by atoms with E-state index in [0.717, 1.165) is 9.71 Å². The van der Waals surface area contributed by atoms with Crippen molar-refractivity contribution in [3.05, 3.63) is 45.5 Å². The summed E-state index contributed by atoms with van der Waals surface area (Å²) in [6.07, 6.45) is 1.36. The minimum Gasteiger partial charge on any atom is -0.481 e. The summed E-state index contributed by atoms with van der Waals surface area (Å²) in [6.45, 7) is 0. The maximum Gasteiger partial charge on any atom is 0.305 e. The van der Waals surface area contributed by atoms with Crippen LogP contribution in [0.2, 0.25) is 10.0 Å². The fourth-order valence-corrected chi connectivity index (χ4v) is 6.95. The van der Waals surface area contributed by atoms with E-state index in [9.17, 15) is 9.59 Å². The number of aromatic nitrogens is 2. The van der Waals surface area contributed by atoms with E-state index in [1.807, 2.05) is 6.07 Å². The molecule has 0 spiro atoms. The number of pyridine rings is 1. The molecule has 0 aliphatic carbocycles. The molecular weight excluding hydrogens is 429 g/mol. The van der Waals surface area contributed by atoms with Gasteiger partial charge < -0.3 is 10.4 Å². The lowest BCUT2D eigenvalue weighted by Crippen LogP contribution is -2.36. The van der Waals surface area contributed by atoms with Crippen molar-refractivity contribution < 1.29 is 14.7 Å². The SMILES string of the molecule is O=C(O)CC1Nc2cccnc2[SH](Cc2nc3cc(Cl)cc(Cl)c3s2)C1=O. The number of nitrogens with one attached hydrogen (secondary N) is 1. The standard InChI is InChI=1S/C17H13Cl2N3O3S2/c18-8-4-9(19)15-11(5-8)22-13(26-15)7-27-16-10(2-1-3-20-16)21-12(17(27)25)6-14(23)24/h1-5,12,21,27H,6-7H2,(H,23,24). The van der Waals surface area contributed by atoms with Gasteiger partial charge in [0, 0.05) is 17.0 Å². The topological polar surface area (TPSA) is 92.2 Å². The Labute approximate surface area is 170 Å². The van der Waals surface area contributed by atoms with Crippen LogP contribution in [0.5, 0.6) is 0 Å². The van der Waals surface area contributed by atoms with Crippen molar-refractivity contribution in [1.82, 2.24) is 9.97 Å². The van der Waals surface area contributed by atoms with Crippen LogP contribution in [-0.2, 0) is 15.3 Å². The fraction of sp³-hybridized carbons (Fsp3) is 0.176. The van der Waals surface area contributed by atoms with Gasteiger partial charge in [-0.3, -0.25) is 9.59 Å². The number of hydrogen-bond acceptors (Lipinski definition) is 6. The number of hydrogen-bond donors (Lipinski definition) is 3. The summed E-state index contributed by atoms with van der Waals surface area (Å²) in [5, 5.41) is 14.4. The summed E-state index contributed by atoms with van der Waals surface area (Å²) in [5.41, 5.74) is 1.39. The molecule has 2 atom stereocenters. The molecule has 140 valence electrons. The molecule has 4 rings (SSSR count). The van der Waals surface area contributed by atoms with E-state index in [4.69, 9.17) is 28.3 Å². The molecule has 2 N–H and O–H groups in total. The second-order valence-corrected chi connectivity index (χ2v) is 9.90. The van der Waals surface area contributed by atoms with Crippen molar-refractivity contribution in [2.45, 2.75) is 23.2 Å². The number of aliphatic carboxylic acids is 1. The van der Waals surface area contributed by atoms with Crippen LogP contribution in [0.3, 0.4) is 0 Å². The Morgan fingerprint density at radius 2 is 2.19 bits per heavy atom. The molecule has 0 saturated heterocycles. The maximum atomic E-state index is 13.0. The zero-order chi connectivity index (χ0) is 19.1. The van der Waals surface area contributed by atoms with Gasteiger partial charge >= 0.3 is 5.97 Å². The lowest BCUT2D eigenvalue weighted by Gasteiger charge is -2.32. The average Bonchev–Trinajstić information content (AvgIpc) is 3.01. The van der Waals surface area contributed by atoms with Gasteiger partial charge in [-0.05, 0) is 24.3 Å². The van der Waals surface area contributed by atoms with E-state index in [1.165, 1.54) is 11.3 Å². The van der Waals surface area contributed by atoms with Gasteiger partial charge in [-0.25, -0.2) is 9.97 Å². The van der Waals surface area contributed by atoms with Crippen LogP contribution in [0.1, 0.15) is 11.4 Å². The molecule has 2 unspecified atom stereocenters. The normalized spacial score (nSPS) is 20.3. The Balaban J connectivity index is 1.72. The Bertz CT molecular complexity index is 1070. The van der Waals surface area contributed by atoms with E-state index in [-0.39, 0.29) is 11.5 Å². The summed E-state index contributed by atoms with van der Waals surface area (Å²) in [7, 11) is -1.35. The molecule has 1 aliphatic rings. The van der Waals surface area contributed by atoms with Gasteiger partial charge in [-0.2, -0.15) is 0 Å². The van der Waals surface area contributed by atoms with Gasteiger partial charge in [0.2, 0.25) is 0 Å². The molecule has 1 aromatic carbocycles. The van der Waals surface area contributed by atoms with Crippen molar-refractivity contribution in [3.63, 3.8) is 0 Å². The van der Waals surface area contributed by atoms with Crippen LogP contribution in [0.4, 0.5) is 5.69 Å². The third-order valence-electron chi connectivity index (χ3n) is 4.06. The molecule has 0 bridgehead atoms. The predicted octanol–water partition coefficient (Wildman–Crippen LogP) is 4.35. The van der Waals surface area contributed by atoms with Gasteiger partial charge in [0.05, 0.1) is 27.3 Å². The molecule has 3 heterocycles. The summed E-state index contributed by atoms with van der Waals surface area (Å²) < 4.78 is 0.817. The third kappa shape index (κ3) is 3.62. The number of carboxylic acid groups (broad SMARTS) is 1. The summed E-state index contributed by atoms with van der Waals surface area (Å²) >= 11 is 13.7. The lowest BCUT2D eigenvalue weighted by atomic mass is 10.2. The highest BCUT2D eigenvalue weighted by Gasteiger charge is 2.35. The highest BCUT2D eigenvalue weighted by Crippen LogP contribution is 2.49. The molecule has 2 aromatic heterocycles. The summed E-state index contributed by atoms with van der Waals surface area (Å²) in [6, 6.07) is 6.20. The minimum absolute atomic E-state index is 0.137. The number of fused-ring (bicyclic) bond motifs is 2. The zero-order valence-corrected chi connectivity index (χ0v) is 16.9. The van der Waals surface area contributed by atoms with Gasteiger partial charge in [-0.1, -0.05) is 23.2 Å². The van der Waals surface area contributed by atoms with Gasteiger partial charge in [0.15, 0.2) is 5.12 Å². The van der Waals surface area contributed by atoms with Crippen LogP contribution in [0.25, 0.3) is 10.2 Å². The average molecular weight is 442 g/mol. The second-order valence-electron chi connectivity index (χ2n) is 5.94. The number of carboxylic acids is 1. The molecule has 10 heteroatoms. The zero-order valence-electron chi connectivity index (χ0n) is 13.6. The lowest BCUT2D eigenvalue weighted by molar-refractivity contribution is -0.138. The first-order valence-corrected chi connectivity index (χ1v) is 11.0. The van der Waals surface area contributed by atoms with Crippen molar-refractivity contribution in [2.24, 2.45) is 0 Å². The molecular formula is C17H13Cl2N3O3S2. The van der Waals surface area contributed by atoms with E-state index in [1.54, 1.807) is 24.4 Å².